The van der Waals surface area contributed by atoms with Crippen molar-refractivity contribution in [1.29, 1.82) is 0 Å². The molecule has 88 valence electrons. The fraction of sp³-hybridized carbons (Fsp3) is 0.833. The van der Waals surface area contributed by atoms with Crippen molar-refractivity contribution in [1.82, 2.24) is 10.2 Å². The molecule has 0 bridgehead atoms. The van der Waals surface area contributed by atoms with Gasteiger partial charge in [-0.3, -0.25) is 14.5 Å². The summed E-state index contributed by atoms with van der Waals surface area (Å²) >= 11 is 0. The summed E-state index contributed by atoms with van der Waals surface area (Å²) in [6.45, 7) is 2.35. The highest BCUT2D eigenvalue weighted by Gasteiger charge is 2.52. The number of amides is 2. The number of rotatable bonds is 2. The van der Waals surface area contributed by atoms with Gasteiger partial charge in [0, 0.05) is 19.5 Å². The quantitative estimate of drug-likeness (QED) is 0.693. The molecule has 4 heteroatoms. The van der Waals surface area contributed by atoms with Gasteiger partial charge in [-0.1, -0.05) is 0 Å². The Morgan fingerprint density at radius 3 is 2.81 bits per heavy atom. The molecule has 3 rings (SSSR count). The second-order valence-corrected chi connectivity index (χ2v) is 5.49. The maximum Gasteiger partial charge on any atom is 0.237 e. The van der Waals surface area contributed by atoms with E-state index >= 15 is 0 Å². The third-order valence-electron chi connectivity index (χ3n) is 4.10. The Balaban J connectivity index is 1.77. The molecular weight excluding hydrogens is 204 g/mol. The van der Waals surface area contributed by atoms with Crippen molar-refractivity contribution in [2.45, 2.75) is 32.1 Å². The van der Waals surface area contributed by atoms with E-state index in [1.807, 2.05) is 0 Å². The molecule has 0 unspecified atom stereocenters. The highest BCUT2D eigenvalue weighted by molar-refractivity contribution is 6.06. The number of likely N-dealkylation sites (tertiary alicyclic amines) is 1. The van der Waals surface area contributed by atoms with Crippen LogP contribution in [0.4, 0.5) is 0 Å². The van der Waals surface area contributed by atoms with Gasteiger partial charge in [0.05, 0.1) is 5.41 Å². The first kappa shape index (κ1) is 10.3. The van der Waals surface area contributed by atoms with Crippen molar-refractivity contribution in [3.05, 3.63) is 0 Å². The first-order chi connectivity index (χ1) is 7.71. The van der Waals surface area contributed by atoms with Gasteiger partial charge in [-0.25, -0.2) is 0 Å². The average molecular weight is 222 g/mol. The fourth-order valence-corrected chi connectivity index (χ4v) is 2.90. The average Bonchev–Trinajstić information content (AvgIpc) is 3.06. The smallest absolute Gasteiger partial charge is 0.237 e. The highest BCUT2D eigenvalue weighted by atomic mass is 16.2. The van der Waals surface area contributed by atoms with E-state index in [0.717, 1.165) is 19.4 Å². The van der Waals surface area contributed by atoms with Gasteiger partial charge in [0.1, 0.15) is 0 Å². The number of carbonyl (C=O) groups is 2. The summed E-state index contributed by atoms with van der Waals surface area (Å²) in [4.78, 5) is 25.8. The Hall–Kier alpha value is -0.900. The summed E-state index contributed by atoms with van der Waals surface area (Å²) in [5.41, 5.74) is -0.385. The maximum atomic E-state index is 12.3. The minimum atomic E-state index is -0.385. The van der Waals surface area contributed by atoms with E-state index in [4.69, 9.17) is 0 Å². The standard InChI is InChI=1S/C12H18N2O2/c15-10-6-12(4-1-5-13-8-12)11(16)14(10)7-9-2-3-9/h9,13H,1-8H2/t12-/m0/s1. The van der Waals surface area contributed by atoms with Crippen LogP contribution in [0.3, 0.4) is 0 Å². The predicted octanol–water partition coefficient (Wildman–Crippen LogP) is 0.525. The van der Waals surface area contributed by atoms with Crippen LogP contribution in [0.1, 0.15) is 32.1 Å². The molecule has 1 spiro atoms. The van der Waals surface area contributed by atoms with Crippen molar-refractivity contribution in [3.8, 4) is 0 Å². The predicted molar refractivity (Wildman–Crippen MR) is 58.6 cm³/mol. The number of nitrogens with one attached hydrogen (secondary N) is 1. The molecule has 0 radical (unpaired) electrons. The Labute approximate surface area is 95.4 Å². The van der Waals surface area contributed by atoms with Gasteiger partial charge in [-0.15, -0.1) is 0 Å². The molecule has 1 saturated carbocycles. The topological polar surface area (TPSA) is 49.4 Å². The summed E-state index contributed by atoms with van der Waals surface area (Å²) in [6, 6.07) is 0. The van der Waals surface area contributed by atoms with Crippen LogP contribution in [0.2, 0.25) is 0 Å². The van der Waals surface area contributed by atoms with Gasteiger partial charge in [0.15, 0.2) is 0 Å². The molecule has 0 aromatic rings. The van der Waals surface area contributed by atoms with Crippen LogP contribution in [0, 0.1) is 11.3 Å². The molecule has 3 fully saturated rings. The molecule has 2 saturated heterocycles. The maximum absolute atomic E-state index is 12.3. The summed E-state index contributed by atoms with van der Waals surface area (Å²) in [5, 5.41) is 3.26. The summed E-state index contributed by atoms with van der Waals surface area (Å²) < 4.78 is 0. The lowest BCUT2D eigenvalue weighted by Gasteiger charge is -2.31. The van der Waals surface area contributed by atoms with Crippen LogP contribution in [0.15, 0.2) is 0 Å². The summed E-state index contributed by atoms with van der Waals surface area (Å²) in [6.07, 6.45) is 4.69. The van der Waals surface area contributed by atoms with Gasteiger partial charge in [-0.2, -0.15) is 0 Å². The first-order valence-corrected chi connectivity index (χ1v) is 6.27. The molecule has 16 heavy (non-hydrogen) atoms. The molecule has 2 aliphatic heterocycles. The second-order valence-electron chi connectivity index (χ2n) is 5.49. The van der Waals surface area contributed by atoms with Crippen molar-refractivity contribution in [2.75, 3.05) is 19.6 Å². The molecule has 2 heterocycles. The third kappa shape index (κ3) is 1.56. The minimum Gasteiger partial charge on any atom is -0.316 e. The Morgan fingerprint density at radius 2 is 2.19 bits per heavy atom. The highest BCUT2D eigenvalue weighted by Crippen LogP contribution is 2.40. The van der Waals surface area contributed by atoms with E-state index in [1.54, 1.807) is 0 Å². The zero-order chi connectivity index (χ0) is 11.2. The van der Waals surface area contributed by atoms with Gasteiger partial charge < -0.3 is 5.32 Å². The van der Waals surface area contributed by atoms with E-state index in [0.29, 0.717) is 25.4 Å². The molecule has 3 aliphatic rings. The lowest BCUT2D eigenvalue weighted by Crippen LogP contribution is -2.46. The zero-order valence-electron chi connectivity index (χ0n) is 9.50. The lowest BCUT2D eigenvalue weighted by molar-refractivity contribution is -0.142. The monoisotopic (exact) mass is 222 g/mol. The third-order valence-corrected chi connectivity index (χ3v) is 4.10. The van der Waals surface area contributed by atoms with Crippen LogP contribution in [-0.2, 0) is 9.59 Å². The van der Waals surface area contributed by atoms with E-state index in [-0.39, 0.29) is 17.2 Å². The molecule has 0 aromatic carbocycles. The number of carbonyl (C=O) groups excluding carboxylic acids is 2. The number of hydrogen-bond acceptors (Lipinski definition) is 3. The van der Waals surface area contributed by atoms with E-state index in [1.165, 1.54) is 17.7 Å². The van der Waals surface area contributed by atoms with Crippen LogP contribution >= 0.6 is 0 Å². The van der Waals surface area contributed by atoms with Crippen LogP contribution in [0.5, 0.6) is 0 Å². The molecule has 1 atom stereocenters. The molecule has 4 nitrogen and oxygen atoms in total. The van der Waals surface area contributed by atoms with Crippen molar-refractivity contribution < 1.29 is 9.59 Å². The fourth-order valence-electron chi connectivity index (χ4n) is 2.90. The van der Waals surface area contributed by atoms with Crippen LogP contribution < -0.4 is 5.32 Å². The number of piperidine rings is 1. The normalized spacial score (nSPS) is 35.1. The SMILES string of the molecule is O=C1C[C@]2(CCCNC2)C(=O)N1CC1CC1. The molecule has 0 aromatic heterocycles. The summed E-state index contributed by atoms with van der Waals surface area (Å²) in [7, 11) is 0. The van der Waals surface area contributed by atoms with E-state index in [2.05, 4.69) is 5.32 Å². The molecule has 1 N–H and O–H groups in total. The van der Waals surface area contributed by atoms with Crippen LogP contribution in [0.25, 0.3) is 0 Å². The largest absolute Gasteiger partial charge is 0.316 e. The van der Waals surface area contributed by atoms with E-state index < -0.39 is 0 Å². The number of hydrogen-bond donors (Lipinski definition) is 1. The Bertz CT molecular complexity index is 330. The van der Waals surface area contributed by atoms with Crippen molar-refractivity contribution >= 4 is 11.8 Å². The number of nitrogens with zero attached hydrogens (tertiary/aromatic N) is 1. The van der Waals surface area contributed by atoms with Crippen LogP contribution in [-0.4, -0.2) is 36.3 Å². The Kier molecular flexibility index (Phi) is 2.28. The van der Waals surface area contributed by atoms with Crippen molar-refractivity contribution in [2.24, 2.45) is 11.3 Å². The molecule has 2 amide bonds. The molecule has 1 aliphatic carbocycles. The van der Waals surface area contributed by atoms with Gasteiger partial charge in [0.2, 0.25) is 11.8 Å². The lowest BCUT2D eigenvalue weighted by atomic mass is 9.79. The van der Waals surface area contributed by atoms with Gasteiger partial charge in [0.25, 0.3) is 0 Å². The van der Waals surface area contributed by atoms with Gasteiger partial charge in [-0.05, 0) is 38.1 Å². The van der Waals surface area contributed by atoms with Crippen molar-refractivity contribution in [3.63, 3.8) is 0 Å². The van der Waals surface area contributed by atoms with E-state index in [9.17, 15) is 9.59 Å². The zero-order valence-corrected chi connectivity index (χ0v) is 9.50. The Morgan fingerprint density at radius 1 is 1.38 bits per heavy atom. The first-order valence-electron chi connectivity index (χ1n) is 6.27. The second kappa shape index (κ2) is 3.55. The van der Waals surface area contributed by atoms with Gasteiger partial charge >= 0.3 is 0 Å². The molecular formula is C12H18N2O2. The number of imide groups is 1. The summed E-state index contributed by atoms with van der Waals surface area (Å²) in [5.74, 6) is 0.747. The minimum absolute atomic E-state index is 0.0561.